The summed E-state index contributed by atoms with van der Waals surface area (Å²) >= 11 is 0. The van der Waals surface area contributed by atoms with Gasteiger partial charge in [-0.15, -0.1) is 0 Å². The monoisotopic (exact) mass is 585 g/mol. The Kier molecular flexibility index (Phi) is 15.6. The lowest BCUT2D eigenvalue weighted by Crippen LogP contribution is -2.42. The van der Waals surface area contributed by atoms with Crippen molar-refractivity contribution in [3.63, 3.8) is 0 Å². The fraction of sp³-hybridized carbons (Fsp3) is 0.500. The molecule has 5 nitrogen and oxygen atoms in total. The number of ether oxygens (including phenoxy) is 1. The number of nitrogens with zero attached hydrogens (tertiary/aromatic N) is 2. The molecule has 0 aliphatic carbocycles. The van der Waals surface area contributed by atoms with Crippen LogP contribution in [0.2, 0.25) is 0 Å². The summed E-state index contributed by atoms with van der Waals surface area (Å²) in [6.45, 7) is 5.03. The van der Waals surface area contributed by atoms with Crippen molar-refractivity contribution in [3.8, 4) is 5.75 Å². The van der Waals surface area contributed by atoms with Gasteiger partial charge >= 0.3 is 0 Å². The first-order valence-corrected chi connectivity index (χ1v) is 16.6. The van der Waals surface area contributed by atoms with Crippen molar-refractivity contribution in [2.75, 3.05) is 6.61 Å². The number of benzene rings is 2. The zero-order valence-electron chi connectivity index (χ0n) is 26.9. The molecule has 0 radical (unpaired) electrons. The van der Waals surface area contributed by atoms with Gasteiger partial charge in [-0.05, 0) is 49.2 Å². The number of rotatable bonds is 20. The van der Waals surface area contributed by atoms with Crippen molar-refractivity contribution < 1.29 is 18.9 Å². The summed E-state index contributed by atoms with van der Waals surface area (Å²) in [7, 11) is 1.92. The maximum absolute atomic E-state index is 13.8. The highest BCUT2D eigenvalue weighted by Gasteiger charge is 2.28. The molecule has 1 heterocycles. The third-order valence-electron chi connectivity index (χ3n) is 8.19. The van der Waals surface area contributed by atoms with Crippen LogP contribution in [0.25, 0.3) is 0 Å². The van der Waals surface area contributed by atoms with Crippen molar-refractivity contribution in [1.29, 1.82) is 0 Å². The fourth-order valence-electron chi connectivity index (χ4n) is 5.46. The molecule has 0 unspecified atom stereocenters. The van der Waals surface area contributed by atoms with Gasteiger partial charge in [0.2, 0.25) is 5.69 Å². The first-order chi connectivity index (χ1) is 21.0. The molecule has 5 heteroatoms. The summed E-state index contributed by atoms with van der Waals surface area (Å²) in [4.78, 5) is 28.6. The molecule has 3 aromatic rings. The first-order valence-electron chi connectivity index (χ1n) is 16.6. The van der Waals surface area contributed by atoms with E-state index in [2.05, 4.69) is 6.92 Å². The van der Waals surface area contributed by atoms with E-state index >= 15 is 0 Å². The number of aromatic nitrogens is 1. The second-order valence-corrected chi connectivity index (χ2v) is 11.8. The Morgan fingerprint density at radius 2 is 1.28 bits per heavy atom. The molecule has 232 valence electrons. The summed E-state index contributed by atoms with van der Waals surface area (Å²) in [6, 6.07) is 20.3. The summed E-state index contributed by atoms with van der Waals surface area (Å²) in [5, 5.41) is 0. The quantitative estimate of drug-likeness (QED) is 0.0755. The molecule has 0 atom stereocenters. The van der Waals surface area contributed by atoms with Gasteiger partial charge in [0, 0.05) is 23.3 Å². The van der Waals surface area contributed by atoms with Gasteiger partial charge in [0.1, 0.15) is 19.3 Å². The minimum absolute atomic E-state index is 0.181. The fourth-order valence-corrected chi connectivity index (χ4v) is 5.46. The second-order valence-electron chi connectivity index (χ2n) is 11.8. The van der Waals surface area contributed by atoms with Gasteiger partial charge < -0.3 is 4.74 Å². The van der Waals surface area contributed by atoms with Gasteiger partial charge in [0.15, 0.2) is 6.20 Å². The summed E-state index contributed by atoms with van der Waals surface area (Å²) in [6.07, 6.45) is 20.6. The number of pyridine rings is 1. The summed E-state index contributed by atoms with van der Waals surface area (Å²) < 4.78 is 7.95. The average Bonchev–Trinajstić information content (AvgIpc) is 3.02. The van der Waals surface area contributed by atoms with E-state index in [1.165, 1.54) is 88.4 Å². The molecule has 0 spiro atoms. The van der Waals surface area contributed by atoms with E-state index in [9.17, 15) is 9.59 Å². The Hall–Kier alpha value is -3.47. The van der Waals surface area contributed by atoms with Crippen LogP contribution in [0.5, 0.6) is 5.75 Å². The van der Waals surface area contributed by atoms with Crippen LogP contribution >= 0.6 is 0 Å². The number of aryl methyl sites for hydroxylation is 2. The Morgan fingerprint density at radius 3 is 1.86 bits per heavy atom. The van der Waals surface area contributed by atoms with Crippen molar-refractivity contribution in [3.05, 3.63) is 95.3 Å². The number of carbonyl (C=O) groups is 2. The Morgan fingerprint density at radius 1 is 0.698 bits per heavy atom. The maximum atomic E-state index is 13.8. The highest BCUT2D eigenvalue weighted by Crippen LogP contribution is 2.21. The zero-order chi connectivity index (χ0) is 30.7. The van der Waals surface area contributed by atoms with Gasteiger partial charge in [-0.25, -0.2) is 4.57 Å². The highest BCUT2D eigenvalue weighted by atomic mass is 16.5. The number of hydrogen-bond donors (Lipinski definition) is 0. The van der Waals surface area contributed by atoms with Crippen molar-refractivity contribution in [1.82, 2.24) is 4.90 Å². The topological polar surface area (TPSA) is 50.5 Å². The van der Waals surface area contributed by atoms with Gasteiger partial charge in [-0.1, -0.05) is 115 Å². The molecule has 0 aliphatic rings. The second kappa shape index (κ2) is 19.7. The van der Waals surface area contributed by atoms with Crippen LogP contribution in [0, 0.1) is 6.92 Å². The molecule has 0 saturated heterocycles. The predicted molar refractivity (Wildman–Crippen MR) is 175 cm³/mol. The van der Waals surface area contributed by atoms with E-state index in [-0.39, 0.29) is 18.4 Å². The third-order valence-corrected chi connectivity index (χ3v) is 8.19. The van der Waals surface area contributed by atoms with Gasteiger partial charge in [0.25, 0.3) is 11.8 Å². The Bertz CT molecular complexity index is 1240. The molecular formula is C38H53N2O3+. The molecule has 0 fully saturated rings. The smallest absolute Gasteiger partial charge is 0.261 e. The standard InChI is InChI=1S/C38H53N2O3/c1-4-5-6-7-8-9-10-11-12-13-14-15-16-22-29-43-35-26-27-36(32(2)30-35)38(42)40(31-34-25-20-21-28-39(34)3)37(41)33-23-18-17-19-24-33/h17-21,23-28,30H,4-16,22,29,31H2,1-3H3/q+1. The van der Waals surface area contributed by atoms with Crippen LogP contribution in [0.1, 0.15) is 129 Å². The number of hydrogen-bond acceptors (Lipinski definition) is 3. The van der Waals surface area contributed by atoms with Crippen molar-refractivity contribution in [2.45, 2.75) is 110 Å². The lowest BCUT2D eigenvalue weighted by molar-refractivity contribution is -0.679. The van der Waals surface area contributed by atoms with Crippen LogP contribution < -0.4 is 9.30 Å². The number of unbranched alkanes of at least 4 members (excludes halogenated alkanes) is 13. The SMILES string of the molecule is CCCCCCCCCCCCCCCCOc1ccc(C(=O)N(Cc2cccc[n+]2C)C(=O)c2ccccc2)c(C)c1. The molecule has 2 aromatic carbocycles. The molecule has 3 rings (SSSR count). The maximum Gasteiger partial charge on any atom is 0.261 e. The molecule has 43 heavy (non-hydrogen) atoms. The molecule has 1 aromatic heterocycles. The first kappa shape index (κ1) is 34.0. The van der Waals surface area contributed by atoms with Crippen LogP contribution in [-0.2, 0) is 13.6 Å². The predicted octanol–water partition coefficient (Wildman–Crippen LogP) is 9.16. The van der Waals surface area contributed by atoms with Gasteiger partial charge in [0.05, 0.1) is 6.61 Å². The van der Waals surface area contributed by atoms with E-state index in [1.54, 1.807) is 18.2 Å². The normalized spacial score (nSPS) is 11.0. The molecule has 0 N–H and O–H groups in total. The minimum Gasteiger partial charge on any atom is -0.494 e. The average molecular weight is 586 g/mol. The number of imide groups is 1. The minimum atomic E-state index is -0.313. The lowest BCUT2D eigenvalue weighted by Gasteiger charge is -2.21. The summed E-state index contributed by atoms with van der Waals surface area (Å²) in [5.41, 5.74) is 2.66. The van der Waals surface area contributed by atoms with Crippen LogP contribution in [0.4, 0.5) is 0 Å². The van der Waals surface area contributed by atoms with Crippen LogP contribution in [0.15, 0.2) is 72.9 Å². The largest absolute Gasteiger partial charge is 0.494 e. The van der Waals surface area contributed by atoms with Gasteiger partial charge in [-0.2, -0.15) is 0 Å². The molecule has 2 amide bonds. The van der Waals surface area contributed by atoms with E-state index in [4.69, 9.17) is 4.74 Å². The summed E-state index contributed by atoms with van der Waals surface area (Å²) in [5.74, 6) is 0.139. The molecule has 0 bridgehead atoms. The molecular weight excluding hydrogens is 532 g/mol. The van der Waals surface area contributed by atoms with Crippen molar-refractivity contribution in [2.24, 2.45) is 7.05 Å². The highest BCUT2D eigenvalue weighted by molar-refractivity contribution is 6.10. The third kappa shape index (κ3) is 12.0. The lowest BCUT2D eigenvalue weighted by atomic mass is 10.0. The van der Waals surface area contributed by atoms with E-state index in [1.807, 2.05) is 73.3 Å². The van der Waals surface area contributed by atoms with E-state index in [0.717, 1.165) is 23.4 Å². The Balaban J connectivity index is 1.43. The van der Waals surface area contributed by atoms with E-state index < -0.39 is 0 Å². The number of amides is 2. The molecule has 0 saturated carbocycles. The Labute approximate surface area is 260 Å². The van der Waals surface area contributed by atoms with Crippen LogP contribution in [0.3, 0.4) is 0 Å². The number of carbonyl (C=O) groups excluding carboxylic acids is 2. The zero-order valence-corrected chi connectivity index (χ0v) is 26.9. The van der Waals surface area contributed by atoms with E-state index in [0.29, 0.717) is 17.7 Å². The van der Waals surface area contributed by atoms with Gasteiger partial charge in [-0.3, -0.25) is 14.5 Å². The van der Waals surface area contributed by atoms with Crippen molar-refractivity contribution >= 4 is 11.8 Å². The van der Waals surface area contributed by atoms with Crippen LogP contribution in [-0.4, -0.2) is 23.3 Å². The molecule has 0 aliphatic heterocycles.